The van der Waals surface area contributed by atoms with Crippen LogP contribution in [0.5, 0.6) is 0 Å². The van der Waals surface area contributed by atoms with E-state index in [9.17, 15) is 4.79 Å². The number of nitrogens with one attached hydrogen (secondary N) is 1. The molecule has 118 valence electrons. The Kier molecular flexibility index (Phi) is 4.88. The molecule has 2 rings (SSSR count). The molecule has 1 fully saturated rings. The zero-order valence-corrected chi connectivity index (χ0v) is 13.5. The second-order valence-electron chi connectivity index (χ2n) is 6.14. The molecule has 1 saturated heterocycles. The summed E-state index contributed by atoms with van der Waals surface area (Å²) < 4.78 is 0. The molecule has 0 aromatic carbocycles. The Balaban J connectivity index is 2.06. The molecule has 0 atom stereocenters. The summed E-state index contributed by atoms with van der Waals surface area (Å²) in [5.74, 6) is 0.155. The number of hydrogen-bond donors (Lipinski definition) is 2. The largest absolute Gasteiger partial charge is 0.395 e. The van der Waals surface area contributed by atoms with E-state index in [2.05, 4.69) is 22.0 Å². The van der Waals surface area contributed by atoms with E-state index < -0.39 is 0 Å². The van der Waals surface area contributed by atoms with Crippen LogP contribution in [-0.2, 0) is 0 Å². The molecule has 1 amide bonds. The molecular formula is C15H27N5O. The van der Waals surface area contributed by atoms with Gasteiger partial charge in [-0.2, -0.15) is 5.10 Å². The van der Waals surface area contributed by atoms with E-state index in [0.717, 1.165) is 38.2 Å². The number of likely N-dealkylation sites (tertiary alicyclic amines) is 1. The number of amides is 1. The molecule has 0 aliphatic carbocycles. The highest BCUT2D eigenvalue weighted by Crippen LogP contribution is 2.24. The minimum absolute atomic E-state index is 0.0781. The predicted octanol–water partition coefficient (Wildman–Crippen LogP) is 1.67. The van der Waals surface area contributed by atoms with Gasteiger partial charge in [0.15, 0.2) is 5.69 Å². The van der Waals surface area contributed by atoms with Crippen LogP contribution in [0, 0.1) is 0 Å². The van der Waals surface area contributed by atoms with Gasteiger partial charge in [-0.1, -0.05) is 20.8 Å². The van der Waals surface area contributed by atoms with Gasteiger partial charge in [-0.25, -0.2) is 0 Å². The van der Waals surface area contributed by atoms with Gasteiger partial charge in [0.2, 0.25) is 0 Å². The van der Waals surface area contributed by atoms with E-state index in [-0.39, 0.29) is 17.9 Å². The van der Waals surface area contributed by atoms with Crippen molar-refractivity contribution in [2.45, 2.75) is 45.6 Å². The zero-order valence-electron chi connectivity index (χ0n) is 13.5. The van der Waals surface area contributed by atoms with Crippen LogP contribution in [0.2, 0.25) is 0 Å². The normalized spacial score (nSPS) is 17.4. The number of aromatic nitrogens is 2. The van der Waals surface area contributed by atoms with Crippen molar-refractivity contribution in [1.82, 2.24) is 20.0 Å². The Morgan fingerprint density at radius 1 is 1.48 bits per heavy atom. The molecule has 21 heavy (non-hydrogen) atoms. The van der Waals surface area contributed by atoms with E-state index >= 15 is 0 Å². The van der Waals surface area contributed by atoms with Crippen LogP contribution in [-0.4, -0.2) is 58.6 Å². The number of rotatable bonds is 4. The summed E-state index contributed by atoms with van der Waals surface area (Å²) in [6.45, 7) is 9.41. The highest BCUT2D eigenvalue weighted by Gasteiger charge is 2.28. The summed E-state index contributed by atoms with van der Waals surface area (Å²) in [4.78, 5) is 16.8. The van der Waals surface area contributed by atoms with Gasteiger partial charge in [-0.05, 0) is 25.3 Å². The number of hydrogen-bond acceptors (Lipinski definition) is 4. The first-order valence-electron chi connectivity index (χ1n) is 7.78. The lowest BCUT2D eigenvalue weighted by Crippen LogP contribution is -2.45. The number of H-pyrrole nitrogens is 1. The molecule has 3 N–H and O–H groups in total. The Bertz CT molecular complexity index is 488. The van der Waals surface area contributed by atoms with Crippen molar-refractivity contribution in [2.75, 3.05) is 32.4 Å². The second-order valence-corrected chi connectivity index (χ2v) is 6.14. The lowest BCUT2D eigenvalue weighted by molar-refractivity contribution is 0.0642. The molecule has 6 heteroatoms. The van der Waals surface area contributed by atoms with E-state index in [0.29, 0.717) is 11.4 Å². The SMILES string of the molecule is CCN1CCC(N(C)C(=O)c2n[nH]c(C(C)C)c2N)CC1. The van der Waals surface area contributed by atoms with Gasteiger partial charge >= 0.3 is 0 Å². The standard InChI is InChI=1S/C15H27N5O/c1-5-20-8-6-11(7-9-20)19(4)15(21)14-12(16)13(10(2)3)17-18-14/h10-11H,5-9,16H2,1-4H3,(H,17,18). The maximum absolute atomic E-state index is 12.6. The van der Waals surface area contributed by atoms with Gasteiger partial charge in [-0.15, -0.1) is 0 Å². The van der Waals surface area contributed by atoms with E-state index in [1.807, 2.05) is 25.8 Å². The molecule has 0 saturated carbocycles. The summed E-state index contributed by atoms with van der Waals surface area (Å²) in [5.41, 5.74) is 7.76. The van der Waals surface area contributed by atoms with Crippen LogP contribution in [0.15, 0.2) is 0 Å². The molecule has 6 nitrogen and oxygen atoms in total. The third-order valence-corrected chi connectivity index (χ3v) is 4.49. The Labute approximate surface area is 126 Å². The summed E-state index contributed by atoms with van der Waals surface area (Å²) in [7, 11) is 1.86. The molecule has 1 aliphatic rings. The zero-order chi connectivity index (χ0) is 15.6. The Morgan fingerprint density at radius 3 is 2.57 bits per heavy atom. The van der Waals surface area contributed by atoms with Crippen LogP contribution < -0.4 is 5.73 Å². The smallest absolute Gasteiger partial charge is 0.276 e. The van der Waals surface area contributed by atoms with Crippen molar-refractivity contribution in [2.24, 2.45) is 0 Å². The maximum Gasteiger partial charge on any atom is 0.276 e. The fourth-order valence-corrected chi connectivity index (χ4v) is 2.92. The molecule has 0 radical (unpaired) electrons. The van der Waals surface area contributed by atoms with E-state index in [1.54, 1.807) is 0 Å². The average Bonchev–Trinajstić information content (AvgIpc) is 2.87. The molecule has 2 heterocycles. The lowest BCUT2D eigenvalue weighted by Gasteiger charge is -2.36. The number of carbonyl (C=O) groups excluding carboxylic acids is 1. The van der Waals surface area contributed by atoms with Crippen molar-refractivity contribution in [3.63, 3.8) is 0 Å². The van der Waals surface area contributed by atoms with Crippen molar-refractivity contribution in [3.05, 3.63) is 11.4 Å². The van der Waals surface area contributed by atoms with Crippen molar-refractivity contribution < 1.29 is 4.79 Å². The van der Waals surface area contributed by atoms with Gasteiger partial charge in [-0.3, -0.25) is 9.89 Å². The topological polar surface area (TPSA) is 78.2 Å². The monoisotopic (exact) mass is 293 g/mol. The molecule has 0 spiro atoms. The Morgan fingerprint density at radius 2 is 2.10 bits per heavy atom. The third-order valence-electron chi connectivity index (χ3n) is 4.49. The number of nitrogens with two attached hydrogens (primary N) is 1. The van der Waals surface area contributed by atoms with E-state index in [4.69, 9.17) is 5.73 Å². The van der Waals surface area contributed by atoms with Crippen LogP contribution in [0.3, 0.4) is 0 Å². The molecule has 0 bridgehead atoms. The molecule has 1 aromatic rings. The quantitative estimate of drug-likeness (QED) is 0.885. The van der Waals surface area contributed by atoms with Gasteiger partial charge < -0.3 is 15.5 Å². The molecule has 0 unspecified atom stereocenters. The van der Waals surface area contributed by atoms with Gasteiger partial charge in [0.05, 0.1) is 11.4 Å². The number of piperidine rings is 1. The average molecular weight is 293 g/mol. The fourth-order valence-electron chi connectivity index (χ4n) is 2.92. The van der Waals surface area contributed by atoms with Gasteiger partial charge in [0.25, 0.3) is 5.91 Å². The first-order valence-corrected chi connectivity index (χ1v) is 7.78. The highest BCUT2D eigenvalue weighted by atomic mass is 16.2. The van der Waals surface area contributed by atoms with E-state index in [1.165, 1.54) is 0 Å². The lowest BCUT2D eigenvalue weighted by atomic mass is 10.0. The highest BCUT2D eigenvalue weighted by molar-refractivity contribution is 5.97. The first kappa shape index (κ1) is 15.8. The van der Waals surface area contributed by atoms with Crippen LogP contribution >= 0.6 is 0 Å². The first-order chi connectivity index (χ1) is 9.95. The minimum atomic E-state index is -0.0781. The summed E-state index contributed by atoms with van der Waals surface area (Å²) in [6.07, 6.45) is 2.02. The predicted molar refractivity (Wildman–Crippen MR) is 84.3 cm³/mol. The third kappa shape index (κ3) is 3.20. The maximum atomic E-state index is 12.6. The molecule has 1 aromatic heterocycles. The summed E-state index contributed by atoms with van der Waals surface area (Å²) >= 11 is 0. The Hall–Kier alpha value is -1.56. The van der Waals surface area contributed by atoms with Crippen LogP contribution in [0.1, 0.15) is 55.7 Å². The number of anilines is 1. The van der Waals surface area contributed by atoms with Crippen molar-refractivity contribution in [1.29, 1.82) is 0 Å². The second kappa shape index (κ2) is 6.47. The number of carbonyl (C=O) groups is 1. The number of nitrogens with zero attached hydrogens (tertiary/aromatic N) is 3. The fraction of sp³-hybridized carbons (Fsp3) is 0.733. The summed E-state index contributed by atoms with van der Waals surface area (Å²) in [5, 5.41) is 7.03. The van der Waals surface area contributed by atoms with Crippen molar-refractivity contribution >= 4 is 11.6 Å². The van der Waals surface area contributed by atoms with Crippen LogP contribution in [0.4, 0.5) is 5.69 Å². The summed E-state index contributed by atoms with van der Waals surface area (Å²) in [6, 6.07) is 0.277. The van der Waals surface area contributed by atoms with Crippen molar-refractivity contribution in [3.8, 4) is 0 Å². The number of aromatic amines is 1. The molecule has 1 aliphatic heterocycles. The van der Waals surface area contributed by atoms with Gasteiger partial charge in [0.1, 0.15) is 0 Å². The molecular weight excluding hydrogens is 266 g/mol. The van der Waals surface area contributed by atoms with Gasteiger partial charge in [0, 0.05) is 26.2 Å². The minimum Gasteiger partial charge on any atom is -0.395 e. The number of nitrogen functional groups attached to an aromatic ring is 1. The van der Waals surface area contributed by atoms with Crippen LogP contribution in [0.25, 0.3) is 0 Å².